The van der Waals surface area contributed by atoms with E-state index in [9.17, 15) is 14.7 Å². The van der Waals surface area contributed by atoms with Crippen molar-refractivity contribution in [2.45, 2.75) is 32.8 Å². The Hall–Kier alpha value is -2.34. The lowest BCUT2D eigenvalue weighted by atomic mass is 10.0. The monoisotopic (exact) mass is 319 g/mol. The van der Waals surface area contributed by atoms with Crippen LogP contribution < -0.4 is 10.2 Å². The number of esters is 1. The summed E-state index contributed by atoms with van der Waals surface area (Å²) in [5.74, 6) is -0.208. The maximum absolute atomic E-state index is 12.5. The van der Waals surface area contributed by atoms with Crippen molar-refractivity contribution in [1.82, 2.24) is 4.98 Å². The number of benzene rings is 1. The van der Waals surface area contributed by atoms with E-state index in [1.54, 1.807) is 13.0 Å². The van der Waals surface area contributed by atoms with E-state index in [-0.39, 0.29) is 17.7 Å². The van der Waals surface area contributed by atoms with Crippen molar-refractivity contribution in [3.8, 4) is 5.75 Å². The Labute approximate surface area is 134 Å². The van der Waals surface area contributed by atoms with Crippen molar-refractivity contribution in [3.05, 3.63) is 39.7 Å². The van der Waals surface area contributed by atoms with Crippen LogP contribution in [-0.4, -0.2) is 35.9 Å². The van der Waals surface area contributed by atoms with Gasteiger partial charge < -0.3 is 19.6 Å². The largest absolute Gasteiger partial charge is 0.490 e. The van der Waals surface area contributed by atoms with Gasteiger partial charge in [-0.25, -0.2) is 4.79 Å². The topological polar surface area (TPSA) is 88.6 Å². The summed E-state index contributed by atoms with van der Waals surface area (Å²) in [6.07, 6.45) is 1.01. The van der Waals surface area contributed by atoms with Crippen LogP contribution >= 0.6 is 0 Å². The lowest BCUT2D eigenvalue weighted by Crippen LogP contribution is -2.16. The van der Waals surface area contributed by atoms with Crippen LogP contribution in [0.4, 0.5) is 0 Å². The van der Waals surface area contributed by atoms with Crippen molar-refractivity contribution < 1.29 is 19.4 Å². The van der Waals surface area contributed by atoms with Crippen LogP contribution in [0.1, 0.15) is 36.3 Å². The molecule has 1 unspecified atom stereocenters. The number of ether oxygens (including phenoxy) is 2. The zero-order chi connectivity index (χ0) is 17.0. The minimum absolute atomic E-state index is 0.0837. The van der Waals surface area contributed by atoms with E-state index >= 15 is 0 Å². The molecule has 0 saturated carbocycles. The zero-order valence-electron chi connectivity index (χ0n) is 13.5. The average Bonchev–Trinajstić information content (AvgIpc) is 2.53. The van der Waals surface area contributed by atoms with Gasteiger partial charge in [0.1, 0.15) is 18.1 Å². The molecule has 0 aliphatic carbocycles. The molecule has 2 aromatic rings. The second-order valence-electron chi connectivity index (χ2n) is 5.42. The van der Waals surface area contributed by atoms with E-state index < -0.39 is 12.1 Å². The SMILES string of the molecule is CCCc1ccc(OCC(C)O)c2c(=O)cc(C(=O)OC)[nH]c12. The summed E-state index contributed by atoms with van der Waals surface area (Å²) < 4.78 is 10.2. The summed E-state index contributed by atoms with van der Waals surface area (Å²) in [5.41, 5.74) is 1.28. The maximum Gasteiger partial charge on any atom is 0.354 e. The molecule has 1 aromatic carbocycles. The van der Waals surface area contributed by atoms with Crippen molar-refractivity contribution in [2.24, 2.45) is 0 Å². The molecule has 6 nitrogen and oxygen atoms in total. The summed E-state index contributed by atoms with van der Waals surface area (Å²) in [6, 6.07) is 4.79. The lowest BCUT2D eigenvalue weighted by Gasteiger charge is -2.13. The standard InChI is InChI=1S/C17H21NO5/c1-4-5-11-6-7-14(23-9-10(2)19)15-13(20)8-12(17(21)22-3)18-16(11)15/h6-8,10,19H,4-5,9H2,1-3H3,(H,18,20). The third kappa shape index (κ3) is 3.71. The molecule has 2 N–H and O–H groups in total. The van der Waals surface area contributed by atoms with Gasteiger partial charge in [-0.15, -0.1) is 0 Å². The highest BCUT2D eigenvalue weighted by molar-refractivity contribution is 5.94. The van der Waals surface area contributed by atoms with Gasteiger partial charge in [0.15, 0.2) is 5.43 Å². The number of H-pyrrole nitrogens is 1. The smallest absolute Gasteiger partial charge is 0.354 e. The number of aromatic amines is 1. The number of aryl methyl sites for hydroxylation is 1. The third-order valence-corrected chi connectivity index (χ3v) is 3.44. The fraction of sp³-hybridized carbons (Fsp3) is 0.412. The van der Waals surface area contributed by atoms with Gasteiger partial charge in [-0.05, 0) is 25.0 Å². The van der Waals surface area contributed by atoms with Crippen molar-refractivity contribution >= 4 is 16.9 Å². The Balaban J connectivity index is 2.66. The Bertz CT molecular complexity index is 763. The first kappa shape index (κ1) is 17.0. The van der Waals surface area contributed by atoms with Gasteiger partial charge in [-0.1, -0.05) is 19.4 Å². The molecular formula is C17H21NO5. The van der Waals surface area contributed by atoms with Crippen LogP contribution in [0.2, 0.25) is 0 Å². The second kappa shape index (κ2) is 7.28. The number of aliphatic hydroxyl groups excluding tert-OH is 1. The number of carbonyl (C=O) groups excluding carboxylic acids is 1. The highest BCUT2D eigenvalue weighted by atomic mass is 16.5. The number of aromatic nitrogens is 1. The molecule has 23 heavy (non-hydrogen) atoms. The molecule has 0 radical (unpaired) electrons. The summed E-state index contributed by atoms with van der Waals surface area (Å²) in [4.78, 5) is 27.2. The molecule has 0 spiro atoms. The van der Waals surface area contributed by atoms with E-state index in [1.807, 2.05) is 13.0 Å². The summed E-state index contributed by atoms with van der Waals surface area (Å²) >= 11 is 0. The fourth-order valence-corrected chi connectivity index (χ4v) is 2.42. The number of rotatable bonds is 6. The minimum Gasteiger partial charge on any atom is -0.490 e. The molecular weight excluding hydrogens is 298 g/mol. The normalized spacial score (nSPS) is 12.2. The lowest BCUT2D eigenvalue weighted by molar-refractivity contribution is 0.0594. The van der Waals surface area contributed by atoms with Gasteiger partial charge in [-0.2, -0.15) is 0 Å². The fourth-order valence-electron chi connectivity index (χ4n) is 2.42. The minimum atomic E-state index is -0.645. The van der Waals surface area contributed by atoms with Crippen LogP contribution in [0.25, 0.3) is 10.9 Å². The Morgan fingerprint density at radius 3 is 2.74 bits per heavy atom. The summed E-state index contributed by atoms with van der Waals surface area (Å²) in [5, 5.41) is 9.75. The van der Waals surface area contributed by atoms with Crippen LogP contribution in [0, 0.1) is 0 Å². The molecule has 0 aliphatic rings. The van der Waals surface area contributed by atoms with Crippen molar-refractivity contribution in [1.29, 1.82) is 0 Å². The molecule has 0 aliphatic heterocycles. The number of fused-ring (bicyclic) bond motifs is 1. The number of hydrogen-bond acceptors (Lipinski definition) is 5. The molecule has 6 heteroatoms. The second-order valence-corrected chi connectivity index (χ2v) is 5.42. The number of aliphatic hydroxyl groups is 1. The highest BCUT2D eigenvalue weighted by Crippen LogP contribution is 2.26. The number of pyridine rings is 1. The molecule has 1 heterocycles. The first-order valence-electron chi connectivity index (χ1n) is 7.56. The van der Waals surface area contributed by atoms with E-state index in [0.29, 0.717) is 16.7 Å². The highest BCUT2D eigenvalue weighted by Gasteiger charge is 2.16. The first-order chi connectivity index (χ1) is 11.0. The molecule has 0 fully saturated rings. The van der Waals surface area contributed by atoms with Gasteiger partial charge >= 0.3 is 5.97 Å². The maximum atomic E-state index is 12.5. The number of hydrogen-bond donors (Lipinski definition) is 2. The van der Waals surface area contributed by atoms with Gasteiger partial charge in [-0.3, -0.25) is 4.79 Å². The van der Waals surface area contributed by atoms with Gasteiger partial charge in [0.2, 0.25) is 0 Å². The molecule has 0 amide bonds. The molecule has 1 atom stereocenters. The molecule has 124 valence electrons. The predicted molar refractivity (Wildman–Crippen MR) is 87.1 cm³/mol. The van der Waals surface area contributed by atoms with Crippen molar-refractivity contribution in [2.75, 3.05) is 13.7 Å². The summed E-state index contributed by atoms with van der Waals surface area (Å²) in [6.45, 7) is 3.72. The molecule has 0 bridgehead atoms. The molecule has 2 rings (SSSR count). The Kier molecular flexibility index (Phi) is 5.39. The van der Waals surface area contributed by atoms with Crippen LogP contribution in [-0.2, 0) is 11.2 Å². The Morgan fingerprint density at radius 2 is 2.13 bits per heavy atom. The van der Waals surface area contributed by atoms with Gasteiger partial charge in [0, 0.05) is 6.07 Å². The van der Waals surface area contributed by atoms with Crippen molar-refractivity contribution in [3.63, 3.8) is 0 Å². The number of carbonyl (C=O) groups is 1. The van der Waals surface area contributed by atoms with E-state index in [0.717, 1.165) is 18.4 Å². The number of methoxy groups -OCH3 is 1. The van der Waals surface area contributed by atoms with Gasteiger partial charge in [0.05, 0.1) is 24.1 Å². The quantitative estimate of drug-likeness (QED) is 0.795. The van der Waals surface area contributed by atoms with Crippen LogP contribution in [0.5, 0.6) is 5.75 Å². The van der Waals surface area contributed by atoms with E-state index in [4.69, 9.17) is 4.74 Å². The Morgan fingerprint density at radius 1 is 1.39 bits per heavy atom. The zero-order valence-corrected chi connectivity index (χ0v) is 13.5. The summed E-state index contributed by atoms with van der Waals surface area (Å²) in [7, 11) is 1.26. The number of nitrogens with one attached hydrogen (secondary N) is 1. The molecule has 0 saturated heterocycles. The average molecular weight is 319 g/mol. The van der Waals surface area contributed by atoms with E-state index in [1.165, 1.54) is 13.2 Å². The van der Waals surface area contributed by atoms with Gasteiger partial charge in [0.25, 0.3) is 0 Å². The van der Waals surface area contributed by atoms with Crippen LogP contribution in [0.15, 0.2) is 23.0 Å². The third-order valence-electron chi connectivity index (χ3n) is 3.44. The first-order valence-corrected chi connectivity index (χ1v) is 7.56. The van der Waals surface area contributed by atoms with Crippen LogP contribution in [0.3, 0.4) is 0 Å². The molecule has 1 aromatic heterocycles. The van der Waals surface area contributed by atoms with E-state index in [2.05, 4.69) is 9.72 Å². The predicted octanol–water partition coefficient (Wildman–Crippen LogP) is 2.03.